The third-order valence-electron chi connectivity index (χ3n) is 4.85. The number of fused-ring (bicyclic) bond motifs is 1. The normalized spacial score (nSPS) is 17.7. The molecule has 1 fully saturated rings. The minimum absolute atomic E-state index is 0.135. The molecule has 1 aliphatic carbocycles. The first kappa shape index (κ1) is 14.0. The Balaban J connectivity index is 1.51. The molecule has 0 spiro atoms. The fraction of sp³-hybridized carbons (Fsp3) is 0.353. The lowest BCUT2D eigenvalue weighted by Gasteiger charge is -2.25. The summed E-state index contributed by atoms with van der Waals surface area (Å²) in [5, 5.41) is 9.45. The predicted molar refractivity (Wildman–Crippen MR) is 91.7 cm³/mol. The zero-order valence-electron chi connectivity index (χ0n) is 12.5. The van der Waals surface area contributed by atoms with Gasteiger partial charge >= 0.3 is 0 Å². The summed E-state index contributed by atoms with van der Waals surface area (Å²) >= 11 is 3.49. The second kappa shape index (κ2) is 5.25. The Labute approximate surface area is 138 Å². The van der Waals surface area contributed by atoms with Gasteiger partial charge in [-0.1, -0.05) is 18.2 Å². The van der Waals surface area contributed by atoms with Gasteiger partial charge in [-0.25, -0.2) is 0 Å². The van der Waals surface area contributed by atoms with Crippen molar-refractivity contribution in [1.29, 1.82) is 0 Å². The summed E-state index contributed by atoms with van der Waals surface area (Å²) in [6, 6.07) is 8.94. The Bertz CT molecular complexity index is 800. The van der Waals surface area contributed by atoms with Crippen molar-refractivity contribution in [3.05, 3.63) is 52.9 Å². The monoisotopic (exact) mass is 358 g/mol. The molecule has 2 N–H and O–H groups in total. The van der Waals surface area contributed by atoms with E-state index in [1.165, 1.54) is 29.3 Å². The number of benzene rings is 1. The van der Waals surface area contributed by atoms with E-state index >= 15 is 0 Å². The van der Waals surface area contributed by atoms with Gasteiger partial charge in [0, 0.05) is 30.5 Å². The number of para-hydroxylation sites is 1. The van der Waals surface area contributed by atoms with Crippen LogP contribution in [-0.4, -0.2) is 20.8 Å². The quantitative estimate of drug-likeness (QED) is 0.728. The van der Waals surface area contributed by atoms with Crippen LogP contribution in [-0.2, 0) is 12.1 Å². The van der Waals surface area contributed by atoms with Crippen LogP contribution < -0.4 is 5.32 Å². The molecule has 4 nitrogen and oxygen atoms in total. The third-order valence-corrected chi connectivity index (χ3v) is 5.26. The second-order valence-electron chi connectivity index (χ2n) is 6.17. The summed E-state index contributed by atoms with van der Waals surface area (Å²) in [5.41, 5.74) is 2.68. The van der Waals surface area contributed by atoms with Crippen molar-refractivity contribution < 1.29 is 0 Å². The molecule has 22 heavy (non-hydrogen) atoms. The van der Waals surface area contributed by atoms with E-state index < -0.39 is 0 Å². The molecule has 5 heteroatoms. The first-order valence-corrected chi connectivity index (χ1v) is 8.47. The number of nitrogens with one attached hydrogen (secondary N) is 2. The van der Waals surface area contributed by atoms with Gasteiger partial charge in [0.05, 0.1) is 16.2 Å². The van der Waals surface area contributed by atoms with E-state index in [1.54, 1.807) is 0 Å². The molecule has 114 valence electrons. The van der Waals surface area contributed by atoms with Gasteiger partial charge < -0.3 is 10.3 Å². The van der Waals surface area contributed by atoms with Crippen molar-refractivity contribution >= 4 is 26.8 Å². The molecule has 0 radical (unpaired) electrons. The number of hydrogen-bond donors (Lipinski definition) is 2. The molecule has 0 amide bonds. The zero-order chi connectivity index (χ0) is 15.2. The molecule has 1 unspecified atom stereocenters. The average molecular weight is 359 g/mol. The van der Waals surface area contributed by atoms with Gasteiger partial charge in [0.1, 0.15) is 0 Å². The molecular weight excluding hydrogens is 340 g/mol. The number of H-pyrrole nitrogens is 1. The molecule has 4 rings (SSSR count). The standard InChI is InChI=1S/C17H19BrN4/c1-12(17(6-7-17)22-11-15(18)10-21-22)20-9-14-4-2-3-13-5-8-19-16(13)14/h2-5,8,10-12,19-20H,6-7,9H2,1H3. The largest absolute Gasteiger partial charge is 0.361 e. The fourth-order valence-electron chi connectivity index (χ4n) is 3.28. The van der Waals surface area contributed by atoms with Crippen LogP contribution in [0.2, 0.25) is 0 Å². The molecular formula is C17H19BrN4. The van der Waals surface area contributed by atoms with Gasteiger partial charge in [0.15, 0.2) is 0 Å². The van der Waals surface area contributed by atoms with E-state index in [1.807, 2.05) is 12.4 Å². The number of aromatic amines is 1. The minimum atomic E-state index is 0.135. The SMILES string of the molecule is CC(NCc1cccc2cc[nH]c12)C1(n2cc(Br)cn2)CC1. The lowest BCUT2D eigenvalue weighted by atomic mass is 10.1. The molecule has 2 aromatic heterocycles. The fourth-order valence-corrected chi connectivity index (χ4v) is 3.57. The summed E-state index contributed by atoms with van der Waals surface area (Å²) in [6.45, 7) is 3.13. The van der Waals surface area contributed by atoms with Crippen LogP contribution in [0.1, 0.15) is 25.3 Å². The number of halogens is 1. The average Bonchev–Trinajstić information content (AvgIpc) is 2.98. The van der Waals surface area contributed by atoms with Crippen molar-refractivity contribution in [3.63, 3.8) is 0 Å². The van der Waals surface area contributed by atoms with E-state index in [0.29, 0.717) is 6.04 Å². The molecule has 2 heterocycles. The van der Waals surface area contributed by atoms with Crippen LogP contribution in [0.4, 0.5) is 0 Å². The van der Waals surface area contributed by atoms with Crippen LogP contribution in [0.3, 0.4) is 0 Å². The summed E-state index contributed by atoms with van der Waals surface area (Å²) in [5.74, 6) is 0. The van der Waals surface area contributed by atoms with Gasteiger partial charge in [0.2, 0.25) is 0 Å². The molecule has 0 bridgehead atoms. The summed E-state index contributed by atoms with van der Waals surface area (Å²) < 4.78 is 3.16. The third kappa shape index (κ3) is 2.29. The Morgan fingerprint density at radius 1 is 1.41 bits per heavy atom. The summed E-state index contributed by atoms with van der Waals surface area (Å²) in [4.78, 5) is 3.34. The number of nitrogens with zero attached hydrogens (tertiary/aromatic N) is 2. The molecule has 0 aliphatic heterocycles. The predicted octanol–water partition coefficient (Wildman–Crippen LogP) is 3.79. The van der Waals surface area contributed by atoms with Crippen molar-refractivity contribution in [1.82, 2.24) is 20.1 Å². The Kier molecular flexibility index (Phi) is 3.35. The van der Waals surface area contributed by atoms with Crippen LogP contribution in [0, 0.1) is 0 Å². The highest BCUT2D eigenvalue weighted by Gasteiger charge is 2.49. The molecule has 1 aliphatic rings. The maximum Gasteiger partial charge on any atom is 0.0779 e. The highest BCUT2D eigenvalue weighted by Crippen LogP contribution is 2.46. The number of aromatic nitrogens is 3. The highest BCUT2D eigenvalue weighted by molar-refractivity contribution is 9.10. The Morgan fingerprint density at radius 3 is 3.00 bits per heavy atom. The smallest absolute Gasteiger partial charge is 0.0779 e. The topological polar surface area (TPSA) is 45.6 Å². The lowest BCUT2D eigenvalue weighted by Crippen LogP contribution is -2.41. The van der Waals surface area contributed by atoms with Crippen molar-refractivity contribution in [2.75, 3.05) is 0 Å². The van der Waals surface area contributed by atoms with Crippen molar-refractivity contribution in [2.45, 2.75) is 37.9 Å². The number of rotatable bonds is 5. The molecule has 1 aromatic carbocycles. The summed E-state index contributed by atoms with van der Waals surface area (Å²) in [6.07, 6.45) is 8.31. The molecule has 1 atom stereocenters. The van der Waals surface area contributed by atoms with Crippen LogP contribution in [0.15, 0.2) is 47.3 Å². The number of hydrogen-bond acceptors (Lipinski definition) is 2. The minimum Gasteiger partial charge on any atom is -0.361 e. The maximum atomic E-state index is 4.49. The van der Waals surface area contributed by atoms with Crippen molar-refractivity contribution in [2.24, 2.45) is 0 Å². The maximum absolute atomic E-state index is 4.49. The van der Waals surface area contributed by atoms with Crippen molar-refractivity contribution in [3.8, 4) is 0 Å². The highest BCUT2D eigenvalue weighted by atomic mass is 79.9. The van der Waals surface area contributed by atoms with Crippen LogP contribution >= 0.6 is 15.9 Å². The van der Waals surface area contributed by atoms with Gasteiger partial charge in [0.25, 0.3) is 0 Å². The lowest BCUT2D eigenvalue weighted by molar-refractivity contribution is 0.317. The second-order valence-corrected chi connectivity index (χ2v) is 7.08. The molecule has 0 saturated heterocycles. The Morgan fingerprint density at radius 2 is 2.27 bits per heavy atom. The van der Waals surface area contributed by atoms with E-state index in [4.69, 9.17) is 0 Å². The van der Waals surface area contributed by atoms with Crippen LogP contribution in [0.25, 0.3) is 10.9 Å². The van der Waals surface area contributed by atoms with E-state index in [9.17, 15) is 0 Å². The first-order valence-electron chi connectivity index (χ1n) is 7.68. The zero-order valence-corrected chi connectivity index (χ0v) is 14.1. The van der Waals surface area contributed by atoms with Gasteiger partial charge in [-0.15, -0.1) is 0 Å². The van der Waals surface area contributed by atoms with E-state index in [0.717, 1.165) is 11.0 Å². The van der Waals surface area contributed by atoms with E-state index in [2.05, 4.69) is 73.4 Å². The van der Waals surface area contributed by atoms with E-state index in [-0.39, 0.29) is 5.54 Å². The van der Waals surface area contributed by atoms with Gasteiger partial charge in [-0.2, -0.15) is 5.10 Å². The Hall–Kier alpha value is -1.59. The van der Waals surface area contributed by atoms with Gasteiger partial charge in [-0.3, -0.25) is 4.68 Å². The van der Waals surface area contributed by atoms with Crippen LogP contribution in [0.5, 0.6) is 0 Å². The molecule has 1 saturated carbocycles. The summed E-state index contributed by atoms with van der Waals surface area (Å²) in [7, 11) is 0. The van der Waals surface area contributed by atoms with Gasteiger partial charge in [-0.05, 0) is 52.7 Å². The molecule has 3 aromatic rings. The first-order chi connectivity index (χ1) is 10.7.